The van der Waals surface area contributed by atoms with Gasteiger partial charge in [-0.2, -0.15) is 0 Å². The van der Waals surface area contributed by atoms with Crippen LogP contribution < -0.4 is 10.4 Å². The minimum absolute atomic E-state index is 0.177. The van der Waals surface area contributed by atoms with E-state index in [0.717, 1.165) is 46.4 Å². The smallest absolute Gasteiger partial charge is 0.152 e. The highest BCUT2D eigenvalue weighted by Gasteiger charge is 2.27. The number of nitrogens with one attached hydrogen (secondary N) is 1. The van der Waals surface area contributed by atoms with Crippen molar-refractivity contribution in [2.45, 2.75) is 19.8 Å². The third-order valence-electron chi connectivity index (χ3n) is 11.8. The summed E-state index contributed by atoms with van der Waals surface area (Å²) < 4.78 is 0. The molecule has 0 spiro atoms. The molecule has 0 aliphatic heterocycles. The fraction of sp³-hybridized carbons (Fsp3) is 0.111. The lowest BCUT2D eigenvalue weighted by Gasteiger charge is -2.29. The number of hydrogen-bond donors (Lipinski definition) is 1. The van der Waals surface area contributed by atoms with Crippen LogP contribution >= 0.6 is 0 Å². The molecule has 3 aliphatic carbocycles. The molecule has 0 fully saturated rings. The first-order chi connectivity index (χ1) is 27.6. The van der Waals surface area contributed by atoms with Gasteiger partial charge >= 0.3 is 0 Å². The van der Waals surface area contributed by atoms with Gasteiger partial charge in [0.05, 0.1) is 5.71 Å². The van der Waals surface area contributed by atoms with Gasteiger partial charge in [-0.15, -0.1) is 0 Å². The number of benzene rings is 7. The summed E-state index contributed by atoms with van der Waals surface area (Å²) in [6.45, 7) is 2.32. The molecule has 0 radical (unpaired) electrons. The molecule has 0 aromatic heterocycles. The summed E-state index contributed by atoms with van der Waals surface area (Å²) in [6, 6.07) is 52.3. The lowest BCUT2D eigenvalue weighted by molar-refractivity contribution is 0.594. The van der Waals surface area contributed by atoms with E-state index in [1.807, 2.05) is 6.07 Å². The first kappa shape index (κ1) is 33.9. The molecule has 268 valence electrons. The maximum Gasteiger partial charge on any atom is 0.152 e. The Morgan fingerprint density at radius 2 is 1.36 bits per heavy atom. The van der Waals surface area contributed by atoms with Crippen molar-refractivity contribution in [2.24, 2.45) is 22.7 Å². The van der Waals surface area contributed by atoms with E-state index in [2.05, 4.69) is 189 Å². The van der Waals surface area contributed by atoms with E-state index in [0.29, 0.717) is 5.92 Å². The zero-order valence-electron chi connectivity index (χ0n) is 31.5. The van der Waals surface area contributed by atoms with Crippen molar-refractivity contribution in [3.05, 3.63) is 220 Å². The van der Waals surface area contributed by atoms with E-state index >= 15 is 0 Å². The van der Waals surface area contributed by atoms with Crippen LogP contribution in [0, 0.1) is 23.2 Å². The minimum atomic E-state index is 0.177. The molecule has 0 saturated heterocycles. The maximum absolute atomic E-state index is 9.90. The number of aliphatic imine (C=N–C) groups is 1. The second-order valence-corrected chi connectivity index (χ2v) is 15.6. The molecular weight excluding hydrogens is 677 g/mol. The first-order valence-electron chi connectivity index (χ1n) is 19.8. The van der Waals surface area contributed by atoms with Crippen molar-refractivity contribution in [1.82, 2.24) is 0 Å². The Morgan fingerprint density at radius 1 is 0.643 bits per heavy atom. The normalized spacial score (nSPS) is 18.6. The highest BCUT2D eigenvalue weighted by Crippen LogP contribution is 2.40. The Bertz CT molecular complexity index is 2900. The summed E-state index contributed by atoms with van der Waals surface area (Å²) in [5.41, 5.74) is 10.9. The quantitative estimate of drug-likeness (QED) is 0.105. The topological polar surface area (TPSA) is 36.2 Å². The molecule has 3 unspecified atom stereocenters. The second-order valence-electron chi connectivity index (χ2n) is 15.6. The number of amidine groups is 1. The van der Waals surface area contributed by atoms with E-state index in [1.54, 1.807) is 0 Å². The molecule has 0 amide bonds. The second kappa shape index (κ2) is 14.2. The minimum Gasteiger partial charge on any atom is -0.282 e. The SMILES string of the molecule is CC1CC=Cc2ccc(C(=NC(=N)c3cc(C4=c5ccccc5=CC5C=CC=CC45)cc(-c4c5ccccc5cc5ccccc45)c3)c3ccccc3)cc2C1. The Morgan fingerprint density at radius 3 is 2.18 bits per heavy atom. The highest BCUT2D eigenvalue weighted by molar-refractivity contribution is 6.20. The van der Waals surface area contributed by atoms with Crippen molar-refractivity contribution >= 4 is 50.8 Å². The maximum atomic E-state index is 9.90. The predicted molar refractivity (Wildman–Crippen MR) is 237 cm³/mol. The van der Waals surface area contributed by atoms with E-state index < -0.39 is 0 Å². The van der Waals surface area contributed by atoms with Crippen LogP contribution in [0.15, 0.2) is 181 Å². The number of nitrogens with zero attached hydrogens (tertiary/aromatic N) is 1. The van der Waals surface area contributed by atoms with Crippen LogP contribution in [0.1, 0.15) is 46.7 Å². The Hall–Kier alpha value is -6.64. The molecule has 2 nitrogen and oxygen atoms in total. The van der Waals surface area contributed by atoms with Gasteiger partial charge < -0.3 is 0 Å². The van der Waals surface area contributed by atoms with Crippen LogP contribution in [0.4, 0.5) is 0 Å². The molecule has 56 heavy (non-hydrogen) atoms. The average Bonchev–Trinajstić information content (AvgIpc) is 3.43. The molecule has 3 aliphatic rings. The average molecular weight is 719 g/mol. The summed E-state index contributed by atoms with van der Waals surface area (Å²) in [5.74, 6) is 1.24. The largest absolute Gasteiger partial charge is 0.282 e. The standard InChI is InChI=1S/C54H42N2/c1-35-14-13-21-36-26-27-42(31-43(36)28-35)53(37-15-3-2-4-16-37)56-54(55)46-33-44(51-47-22-9-5-17-38(47)29-39-18-6-10-23-48(39)51)32-45(34-46)52-49-24-11-7-19-40(49)30-41-20-8-12-25-50(41)52/h2-13,15-27,29-35,38,47,55H,14,28H2,1H3. The molecule has 2 heteroatoms. The molecule has 7 aromatic rings. The zero-order chi connectivity index (χ0) is 37.6. The molecule has 10 rings (SSSR count). The monoisotopic (exact) mass is 718 g/mol. The van der Waals surface area contributed by atoms with Crippen molar-refractivity contribution in [3.63, 3.8) is 0 Å². The molecule has 0 bridgehead atoms. The summed E-state index contributed by atoms with van der Waals surface area (Å²) in [4.78, 5) is 5.29. The molecule has 0 saturated carbocycles. The Kier molecular flexibility index (Phi) is 8.60. The van der Waals surface area contributed by atoms with Gasteiger partial charge in [0.1, 0.15) is 0 Å². The third kappa shape index (κ3) is 6.18. The van der Waals surface area contributed by atoms with Crippen molar-refractivity contribution in [2.75, 3.05) is 0 Å². The van der Waals surface area contributed by atoms with E-state index in [4.69, 9.17) is 4.99 Å². The lowest BCUT2D eigenvalue weighted by Crippen LogP contribution is -2.36. The van der Waals surface area contributed by atoms with Crippen molar-refractivity contribution in [1.29, 1.82) is 5.41 Å². The van der Waals surface area contributed by atoms with Crippen molar-refractivity contribution < 1.29 is 0 Å². The number of hydrogen-bond acceptors (Lipinski definition) is 1. The molecule has 1 N–H and O–H groups in total. The highest BCUT2D eigenvalue weighted by atomic mass is 14.8. The molecule has 3 atom stereocenters. The van der Waals surface area contributed by atoms with Crippen LogP contribution in [-0.2, 0) is 6.42 Å². The Balaban J connectivity index is 1.23. The molecular formula is C54H42N2. The van der Waals surface area contributed by atoms with Gasteiger partial charge in [0.25, 0.3) is 0 Å². The predicted octanol–water partition coefficient (Wildman–Crippen LogP) is 11.5. The summed E-state index contributed by atoms with van der Waals surface area (Å²) in [6.07, 6.45) is 18.1. The fourth-order valence-corrected chi connectivity index (χ4v) is 9.13. The van der Waals surface area contributed by atoms with Crippen LogP contribution in [0.25, 0.3) is 50.4 Å². The first-order valence-corrected chi connectivity index (χ1v) is 19.8. The van der Waals surface area contributed by atoms with Gasteiger partial charge in [0.15, 0.2) is 5.84 Å². The number of allylic oxidation sites excluding steroid dienone is 5. The molecule has 7 aromatic carbocycles. The van der Waals surface area contributed by atoms with Gasteiger partial charge in [-0.1, -0.05) is 165 Å². The lowest BCUT2D eigenvalue weighted by atomic mass is 9.75. The fourth-order valence-electron chi connectivity index (χ4n) is 9.13. The number of fused-ring (bicyclic) bond motifs is 5. The van der Waals surface area contributed by atoms with Gasteiger partial charge in [-0.05, 0) is 114 Å². The van der Waals surface area contributed by atoms with Crippen LogP contribution in [0.2, 0.25) is 0 Å². The van der Waals surface area contributed by atoms with Gasteiger partial charge in [0, 0.05) is 28.5 Å². The number of rotatable bonds is 5. The van der Waals surface area contributed by atoms with E-state index in [9.17, 15) is 5.41 Å². The van der Waals surface area contributed by atoms with Crippen molar-refractivity contribution in [3.8, 4) is 11.1 Å². The van der Waals surface area contributed by atoms with Gasteiger partial charge in [0.2, 0.25) is 0 Å². The zero-order valence-corrected chi connectivity index (χ0v) is 31.5. The van der Waals surface area contributed by atoms with Crippen LogP contribution in [-0.4, -0.2) is 11.5 Å². The summed E-state index contributed by atoms with van der Waals surface area (Å²) in [7, 11) is 0. The Labute approximate surface area is 328 Å². The van der Waals surface area contributed by atoms with E-state index in [1.165, 1.54) is 54.2 Å². The summed E-state index contributed by atoms with van der Waals surface area (Å²) in [5, 5.41) is 17.2. The summed E-state index contributed by atoms with van der Waals surface area (Å²) >= 11 is 0. The molecule has 0 heterocycles. The van der Waals surface area contributed by atoms with Gasteiger partial charge in [-0.25, -0.2) is 4.99 Å². The third-order valence-corrected chi connectivity index (χ3v) is 11.8. The van der Waals surface area contributed by atoms with Crippen LogP contribution in [0.3, 0.4) is 0 Å². The van der Waals surface area contributed by atoms with E-state index in [-0.39, 0.29) is 17.7 Å². The van der Waals surface area contributed by atoms with Crippen LogP contribution in [0.5, 0.6) is 0 Å². The van der Waals surface area contributed by atoms with Gasteiger partial charge in [-0.3, -0.25) is 5.41 Å².